The third-order valence-corrected chi connectivity index (χ3v) is 7.04. The summed E-state index contributed by atoms with van der Waals surface area (Å²) in [6, 6.07) is 11.7. The third kappa shape index (κ3) is 6.99. The molecule has 0 saturated carbocycles. The molecule has 0 aromatic heterocycles. The summed E-state index contributed by atoms with van der Waals surface area (Å²) in [5.74, 6) is -1.31. The van der Waals surface area contributed by atoms with Crippen LogP contribution in [-0.4, -0.2) is 56.0 Å². The van der Waals surface area contributed by atoms with Crippen molar-refractivity contribution < 1.29 is 43.2 Å². The zero-order valence-corrected chi connectivity index (χ0v) is 24.3. The molecule has 1 aliphatic rings. The lowest BCUT2D eigenvalue weighted by atomic mass is 9.94. The number of nitrogens with two attached hydrogens (primary N) is 1. The van der Waals surface area contributed by atoms with Crippen LogP contribution in [-0.2, 0) is 9.59 Å². The number of ether oxygens (including phenoxy) is 4. The van der Waals surface area contributed by atoms with Gasteiger partial charge in [-0.25, -0.2) is 0 Å². The summed E-state index contributed by atoms with van der Waals surface area (Å²) >= 11 is 6.28. The number of halogens is 1. The smallest absolute Gasteiger partial charge is 0.303 e. The van der Waals surface area contributed by atoms with E-state index in [-0.39, 0.29) is 64.1 Å². The van der Waals surface area contributed by atoms with Gasteiger partial charge in [0.2, 0.25) is 11.7 Å². The van der Waals surface area contributed by atoms with Crippen LogP contribution in [0, 0.1) is 0 Å². The van der Waals surface area contributed by atoms with E-state index in [1.54, 1.807) is 30.3 Å². The van der Waals surface area contributed by atoms with Gasteiger partial charge in [-0.05, 0) is 42.3 Å². The van der Waals surface area contributed by atoms with Crippen molar-refractivity contribution in [1.29, 1.82) is 0 Å². The van der Waals surface area contributed by atoms with E-state index in [4.69, 9.17) is 41.4 Å². The Kier molecular flexibility index (Phi) is 9.73. The molecule has 0 aliphatic carbocycles. The number of carboxylic acids is 1. The van der Waals surface area contributed by atoms with Crippen LogP contribution in [0.1, 0.15) is 51.6 Å². The lowest BCUT2D eigenvalue weighted by molar-refractivity contribution is -0.137. The maximum absolute atomic E-state index is 13.2. The highest BCUT2D eigenvalue weighted by Crippen LogP contribution is 2.49. The van der Waals surface area contributed by atoms with Gasteiger partial charge in [0.1, 0.15) is 17.4 Å². The first-order valence-electron chi connectivity index (χ1n) is 13.1. The number of hydrogen-bond donors (Lipinski definition) is 4. The Balaban J connectivity index is 1.51. The van der Waals surface area contributed by atoms with Gasteiger partial charge < -0.3 is 40.4 Å². The van der Waals surface area contributed by atoms with Crippen molar-refractivity contribution in [2.75, 3.05) is 32.0 Å². The van der Waals surface area contributed by atoms with E-state index in [1.807, 2.05) is 0 Å². The number of benzene rings is 3. The molecule has 43 heavy (non-hydrogen) atoms. The lowest BCUT2D eigenvalue weighted by Gasteiger charge is -2.28. The van der Waals surface area contributed by atoms with Gasteiger partial charge in [-0.1, -0.05) is 23.7 Å². The molecule has 0 spiro atoms. The molecule has 1 heterocycles. The zero-order valence-electron chi connectivity index (χ0n) is 23.6. The van der Waals surface area contributed by atoms with Gasteiger partial charge in [-0.15, -0.1) is 0 Å². The van der Waals surface area contributed by atoms with E-state index in [9.17, 15) is 19.2 Å². The highest BCUT2D eigenvalue weighted by atomic mass is 35.5. The van der Waals surface area contributed by atoms with Crippen LogP contribution >= 0.6 is 11.6 Å². The van der Waals surface area contributed by atoms with E-state index < -0.39 is 29.9 Å². The monoisotopic (exact) mass is 611 g/mol. The Morgan fingerprint density at radius 2 is 1.74 bits per heavy atom. The molecule has 4 rings (SSSR count). The van der Waals surface area contributed by atoms with Crippen molar-refractivity contribution in [3.8, 4) is 23.0 Å². The molecule has 5 N–H and O–H groups in total. The number of ketones is 1. The van der Waals surface area contributed by atoms with E-state index >= 15 is 0 Å². The highest BCUT2D eigenvalue weighted by Gasteiger charge is 2.34. The van der Waals surface area contributed by atoms with Crippen LogP contribution in [0.25, 0.3) is 0 Å². The second kappa shape index (κ2) is 13.4. The van der Waals surface area contributed by atoms with Crippen molar-refractivity contribution in [3.63, 3.8) is 0 Å². The van der Waals surface area contributed by atoms with Gasteiger partial charge in [-0.2, -0.15) is 0 Å². The number of amides is 2. The number of anilines is 2. The standard InChI is InChI=1S/C30H30ClN3O9/c1-40-24-14-23-26(28(42-3)27(24)41-2)21(35)13-22(43-23)15-5-4-6-16(11-15)33-29(38)18-12-17(7-8-19(18)31)34-30(39)20(32)9-10-25(36)37/h4-8,11-12,14,20,22H,9-10,13,32H2,1-3H3,(H,33,38)(H,34,39)(H,36,37)/t20-,22?/m0/s1. The van der Waals surface area contributed by atoms with Gasteiger partial charge in [-0.3, -0.25) is 19.2 Å². The number of rotatable bonds is 11. The number of nitrogens with one attached hydrogen (secondary N) is 2. The number of carbonyl (C=O) groups is 4. The SMILES string of the molecule is COc1cc2c(c(OC)c1OC)C(=O)CC(c1cccc(NC(=O)c3cc(NC(=O)[C@@H](N)CCC(=O)O)ccc3Cl)c1)O2. The normalized spacial score (nSPS) is 14.5. The van der Waals surface area contributed by atoms with Crippen molar-refractivity contribution in [1.82, 2.24) is 0 Å². The van der Waals surface area contributed by atoms with Crippen molar-refractivity contribution in [3.05, 3.63) is 70.2 Å². The fraction of sp³-hybridized carbons (Fsp3) is 0.267. The third-order valence-electron chi connectivity index (χ3n) is 6.71. The first-order chi connectivity index (χ1) is 20.6. The summed E-state index contributed by atoms with van der Waals surface area (Å²) in [5, 5.41) is 14.3. The minimum atomic E-state index is -1.06. The maximum atomic E-state index is 13.2. The first-order valence-corrected chi connectivity index (χ1v) is 13.5. The van der Waals surface area contributed by atoms with Gasteiger partial charge >= 0.3 is 5.97 Å². The minimum Gasteiger partial charge on any atom is -0.493 e. The van der Waals surface area contributed by atoms with E-state index in [1.165, 1.54) is 39.5 Å². The van der Waals surface area contributed by atoms with Crippen LogP contribution in [0.5, 0.6) is 23.0 Å². The molecule has 1 aliphatic heterocycles. The Labute approximate surface area is 252 Å². The Hall–Kier alpha value is -4.81. The number of fused-ring (bicyclic) bond motifs is 1. The predicted molar refractivity (Wildman–Crippen MR) is 158 cm³/mol. The molecule has 2 atom stereocenters. The van der Waals surface area contributed by atoms with Crippen molar-refractivity contribution in [2.24, 2.45) is 5.73 Å². The fourth-order valence-electron chi connectivity index (χ4n) is 4.58. The van der Waals surface area contributed by atoms with Crippen molar-refractivity contribution in [2.45, 2.75) is 31.4 Å². The number of hydrogen-bond acceptors (Lipinski definition) is 9. The summed E-state index contributed by atoms with van der Waals surface area (Å²) in [7, 11) is 4.34. The van der Waals surface area contributed by atoms with Crippen molar-refractivity contribution >= 4 is 46.5 Å². The van der Waals surface area contributed by atoms with Crippen LogP contribution in [0.15, 0.2) is 48.5 Å². The van der Waals surface area contributed by atoms with Crippen LogP contribution in [0.3, 0.4) is 0 Å². The minimum absolute atomic E-state index is 0.0123. The molecule has 2 amide bonds. The second-order valence-corrected chi connectivity index (χ2v) is 9.96. The Morgan fingerprint density at radius 3 is 2.42 bits per heavy atom. The van der Waals surface area contributed by atoms with E-state index in [0.717, 1.165) is 0 Å². The average molecular weight is 612 g/mol. The molecule has 0 bridgehead atoms. The summed E-state index contributed by atoms with van der Waals surface area (Å²) < 4.78 is 22.4. The molecular formula is C30H30ClN3O9. The molecule has 0 fully saturated rings. The number of carbonyl (C=O) groups excluding carboxylic acids is 3. The molecular weight excluding hydrogens is 582 g/mol. The molecule has 0 radical (unpaired) electrons. The number of Topliss-reactive ketones (excluding diaryl/α,β-unsaturated/α-hetero) is 1. The van der Waals surface area contributed by atoms with Gasteiger partial charge in [0, 0.05) is 23.9 Å². The van der Waals surface area contributed by atoms with Crippen LogP contribution in [0.4, 0.5) is 11.4 Å². The lowest BCUT2D eigenvalue weighted by Crippen LogP contribution is -2.36. The molecule has 3 aromatic rings. The summed E-state index contributed by atoms with van der Waals surface area (Å²) in [6.07, 6.45) is -0.952. The van der Waals surface area contributed by atoms with Gasteiger partial charge in [0.15, 0.2) is 17.3 Å². The Bertz CT molecular complexity index is 1580. The van der Waals surface area contributed by atoms with Crippen LogP contribution in [0.2, 0.25) is 5.02 Å². The number of carboxylic acid groups (broad SMARTS) is 1. The molecule has 226 valence electrons. The first kappa shape index (κ1) is 31.1. The second-order valence-electron chi connectivity index (χ2n) is 9.55. The van der Waals surface area contributed by atoms with Gasteiger partial charge in [0.05, 0.1) is 44.4 Å². The average Bonchev–Trinajstić information content (AvgIpc) is 2.99. The predicted octanol–water partition coefficient (Wildman–Crippen LogP) is 4.46. The van der Waals surface area contributed by atoms with E-state index in [0.29, 0.717) is 17.0 Å². The summed E-state index contributed by atoms with van der Waals surface area (Å²) in [4.78, 5) is 49.5. The topological polar surface area (TPSA) is 176 Å². The quantitative estimate of drug-likeness (QED) is 0.242. The molecule has 0 saturated heterocycles. The summed E-state index contributed by atoms with van der Waals surface area (Å²) in [6.45, 7) is 0. The fourth-order valence-corrected chi connectivity index (χ4v) is 4.78. The zero-order chi connectivity index (χ0) is 31.3. The largest absolute Gasteiger partial charge is 0.493 e. The maximum Gasteiger partial charge on any atom is 0.303 e. The van der Waals surface area contributed by atoms with Crippen LogP contribution < -0.4 is 35.3 Å². The Morgan fingerprint density at radius 1 is 1.02 bits per heavy atom. The molecule has 3 aromatic carbocycles. The number of aliphatic carboxylic acids is 1. The molecule has 13 heteroatoms. The number of methoxy groups -OCH3 is 3. The van der Waals surface area contributed by atoms with Gasteiger partial charge in [0.25, 0.3) is 5.91 Å². The molecule has 1 unspecified atom stereocenters. The summed E-state index contributed by atoms with van der Waals surface area (Å²) in [5.41, 5.74) is 7.40. The van der Waals surface area contributed by atoms with E-state index in [2.05, 4.69) is 10.6 Å². The highest BCUT2D eigenvalue weighted by molar-refractivity contribution is 6.34. The molecule has 12 nitrogen and oxygen atoms in total.